The molecule has 162 valence electrons. The van der Waals surface area contributed by atoms with Gasteiger partial charge in [0.05, 0.1) is 17.1 Å². The first kappa shape index (κ1) is 21.6. The van der Waals surface area contributed by atoms with E-state index >= 15 is 0 Å². The lowest BCUT2D eigenvalue weighted by atomic mass is 10.2. The van der Waals surface area contributed by atoms with Gasteiger partial charge in [0.25, 0.3) is 15.9 Å². The van der Waals surface area contributed by atoms with Crippen molar-refractivity contribution in [3.05, 3.63) is 54.6 Å². The zero-order valence-electron chi connectivity index (χ0n) is 16.8. The lowest BCUT2D eigenvalue weighted by Gasteiger charge is -2.34. The Morgan fingerprint density at radius 1 is 1.16 bits per heavy atom. The van der Waals surface area contributed by atoms with E-state index in [9.17, 15) is 13.2 Å². The molecule has 1 aromatic heterocycles. The minimum atomic E-state index is -3.88. The number of fused-ring (bicyclic) bond motifs is 1. The first-order valence-corrected chi connectivity index (χ1v) is 12.6. The molecule has 1 amide bonds. The van der Waals surface area contributed by atoms with Crippen LogP contribution < -0.4 is 14.4 Å². The number of hydrogen-bond acceptors (Lipinski definition) is 8. The fourth-order valence-electron chi connectivity index (χ4n) is 2.98. The smallest absolute Gasteiger partial charge is 0.269 e. The van der Waals surface area contributed by atoms with Gasteiger partial charge in [-0.3, -0.25) is 14.4 Å². The summed E-state index contributed by atoms with van der Waals surface area (Å²) in [5.74, 6) is -0.165. The van der Waals surface area contributed by atoms with Gasteiger partial charge in [0.2, 0.25) is 5.13 Å². The van der Waals surface area contributed by atoms with Crippen LogP contribution in [0.15, 0.2) is 63.8 Å². The van der Waals surface area contributed by atoms with Crippen LogP contribution in [0.5, 0.6) is 5.75 Å². The average Bonchev–Trinajstić information content (AvgIpc) is 3.19. The van der Waals surface area contributed by atoms with Gasteiger partial charge in [-0.2, -0.15) is 0 Å². The second-order valence-corrected chi connectivity index (χ2v) is 11.6. The van der Waals surface area contributed by atoms with Crippen molar-refractivity contribution in [1.29, 1.82) is 0 Å². The monoisotopic (exact) mass is 476 g/mol. The van der Waals surface area contributed by atoms with Crippen molar-refractivity contribution in [2.24, 2.45) is 0 Å². The van der Waals surface area contributed by atoms with E-state index in [1.807, 2.05) is 13.8 Å². The number of para-hydroxylation sites is 2. The molecule has 3 aromatic rings. The molecule has 31 heavy (non-hydrogen) atoms. The fraction of sp³-hybridized carbons (Fsp3) is 0.250. The van der Waals surface area contributed by atoms with E-state index in [4.69, 9.17) is 4.74 Å². The van der Waals surface area contributed by atoms with Crippen molar-refractivity contribution in [1.82, 2.24) is 10.2 Å². The van der Waals surface area contributed by atoms with Crippen LogP contribution in [0.3, 0.4) is 0 Å². The van der Waals surface area contributed by atoms with E-state index in [1.165, 1.54) is 27.8 Å². The highest BCUT2D eigenvalue weighted by molar-refractivity contribution is 8.01. The standard InChI is InChI=1S/C20H20N4O4S3/c1-13(2)29-20-23-22-19(30-20)21-18(25)17-12-24(15-10-6-7-11-16(15)28-17)31(26,27)14-8-4-3-5-9-14/h3-11,13,17H,12H2,1-2H3,(H,21,22,25)/t17-/m0/s1. The third-order valence-corrected chi connectivity index (χ3v) is 8.05. The second-order valence-electron chi connectivity index (χ2n) is 6.95. The van der Waals surface area contributed by atoms with Gasteiger partial charge in [-0.05, 0) is 24.3 Å². The van der Waals surface area contributed by atoms with Crippen molar-refractivity contribution in [2.45, 2.75) is 34.4 Å². The van der Waals surface area contributed by atoms with Gasteiger partial charge in [0, 0.05) is 5.25 Å². The van der Waals surface area contributed by atoms with Gasteiger partial charge in [0.15, 0.2) is 10.4 Å². The maximum Gasteiger partial charge on any atom is 0.269 e. The molecule has 0 spiro atoms. The molecule has 0 unspecified atom stereocenters. The van der Waals surface area contributed by atoms with Crippen molar-refractivity contribution in [2.75, 3.05) is 16.2 Å². The van der Waals surface area contributed by atoms with Gasteiger partial charge in [-0.25, -0.2) is 8.42 Å². The number of nitrogens with one attached hydrogen (secondary N) is 1. The van der Waals surface area contributed by atoms with E-state index in [-0.39, 0.29) is 11.4 Å². The van der Waals surface area contributed by atoms with Crippen LogP contribution in [0, 0.1) is 0 Å². The second kappa shape index (κ2) is 8.85. The van der Waals surface area contributed by atoms with Gasteiger partial charge in [-0.15, -0.1) is 10.2 Å². The van der Waals surface area contributed by atoms with E-state index < -0.39 is 22.0 Å². The Morgan fingerprint density at radius 3 is 2.61 bits per heavy atom. The highest BCUT2D eigenvalue weighted by Gasteiger charge is 2.37. The minimum Gasteiger partial charge on any atom is -0.476 e. The van der Waals surface area contributed by atoms with Crippen LogP contribution in [-0.4, -0.2) is 42.4 Å². The molecule has 2 heterocycles. The van der Waals surface area contributed by atoms with E-state index in [0.29, 0.717) is 21.8 Å². The molecule has 0 fully saturated rings. The quantitative estimate of drug-likeness (QED) is 0.428. The predicted molar refractivity (Wildman–Crippen MR) is 121 cm³/mol. The van der Waals surface area contributed by atoms with Crippen LogP contribution >= 0.6 is 23.1 Å². The van der Waals surface area contributed by atoms with Crippen LogP contribution in [0.1, 0.15) is 13.8 Å². The topological polar surface area (TPSA) is 101 Å². The van der Waals surface area contributed by atoms with Crippen LogP contribution in [0.4, 0.5) is 10.8 Å². The summed E-state index contributed by atoms with van der Waals surface area (Å²) in [4.78, 5) is 13.0. The Bertz CT molecular complexity index is 1180. The fourth-order valence-corrected chi connectivity index (χ4v) is 6.46. The van der Waals surface area contributed by atoms with E-state index in [1.54, 1.807) is 54.2 Å². The normalized spacial score (nSPS) is 16.0. The molecule has 0 bridgehead atoms. The first-order valence-electron chi connectivity index (χ1n) is 9.49. The molecule has 8 nitrogen and oxygen atoms in total. The molecule has 0 saturated carbocycles. The summed E-state index contributed by atoms with van der Waals surface area (Å²) in [6.45, 7) is 3.92. The molecule has 0 saturated heterocycles. The Labute approximate surface area is 188 Å². The van der Waals surface area contributed by atoms with E-state index in [2.05, 4.69) is 15.5 Å². The molecule has 0 aliphatic carbocycles. The highest BCUT2D eigenvalue weighted by atomic mass is 32.2. The largest absolute Gasteiger partial charge is 0.476 e. The summed E-state index contributed by atoms with van der Waals surface area (Å²) in [5, 5.41) is 11.4. The number of carbonyl (C=O) groups excluding carboxylic acids is 1. The van der Waals surface area contributed by atoms with Gasteiger partial charge in [0.1, 0.15) is 5.75 Å². The van der Waals surface area contributed by atoms with Gasteiger partial charge in [-0.1, -0.05) is 67.3 Å². The van der Waals surface area contributed by atoms with Crippen LogP contribution in [-0.2, 0) is 14.8 Å². The van der Waals surface area contributed by atoms with E-state index in [0.717, 1.165) is 4.34 Å². The number of anilines is 2. The zero-order chi connectivity index (χ0) is 22.0. The number of rotatable bonds is 6. The predicted octanol–water partition coefficient (Wildman–Crippen LogP) is 3.63. The summed E-state index contributed by atoms with van der Waals surface area (Å²) >= 11 is 2.81. The Kier molecular flexibility index (Phi) is 6.17. The third-order valence-electron chi connectivity index (χ3n) is 4.33. The highest BCUT2D eigenvalue weighted by Crippen LogP contribution is 2.37. The van der Waals surface area contributed by atoms with Crippen molar-refractivity contribution >= 4 is 49.8 Å². The average molecular weight is 477 g/mol. The maximum absolute atomic E-state index is 13.3. The molecule has 1 N–H and O–H groups in total. The van der Waals surface area contributed by atoms with Crippen LogP contribution in [0.25, 0.3) is 0 Å². The summed E-state index contributed by atoms with van der Waals surface area (Å²) in [7, 11) is -3.88. The molecule has 1 aliphatic rings. The van der Waals surface area contributed by atoms with Gasteiger partial charge >= 0.3 is 0 Å². The number of hydrogen-bond donors (Lipinski definition) is 1. The number of nitrogens with zero attached hydrogens (tertiary/aromatic N) is 3. The molecule has 1 atom stereocenters. The molecule has 1 aliphatic heterocycles. The van der Waals surface area contributed by atoms with Crippen molar-refractivity contribution in [3.63, 3.8) is 0 Å². The van der Waals surface area contributed by atoms with Gasteiger partial charge < -0.3 is 4.74 Å². The number of aromatic nitrogens is 2. The lowest BCUT2D eigenvalue weighted by Crippen LogP contribution is -2.48. The van der Waals surface area contributed by atoms with Crippen molar-refractivity contribution in [3.8, 4) is 5.75 Å². The number of benzene rings is 2. The molecule has 0 radical (unpaired) electrons. The zero-order valence-corrected chi connectivity index (χ0v) is 19.2. The first-order chi connectivity index (χ1) is 14.8. The maximum atomic E-state index is 13.3. The lowest BCUT2D eigenvalue weighted by molar-refractivity contribution is -0.122. The summed E-state index contributed by atoms with van der Waals surface area (Å²) in [5.41, 5.74) is 0.391. The van der Waals surface area contributed by atoms with Crippen molar-refractivity contribution < 1.29 is 17.9 Å². The van der Waals surface area contributed by atoms with Crippen LogP contribution in [0.2, 0.25) is 0 Å². The summed E-state index contributed by atoms with van der Waals surface area (Å²) in [6.07, 6.45) is -1.04. The Morgan fingerprint density at radius 2 is 1.87 bits per heavy atom. The number of ether oxygens (including phenoxy) is 1. The third kappa shape index (κ3) is 4.68. The number of sulfonamides is 1. The molecule has 2 aromatic carbocycles. The number of amides is 1. The number of carbonyl (C=O) groups is 1. The number of thioether (sulfide) groups is 1. The Hall–Kier alpha value is -2.63. The molecular weight excluding hydrogens is 456 g/mol. The molecule has 4 rings (SSSR count). The molecular formula is C20H20N4O4S3. The summed E-state index contributed by atoms with van der Waals surface area (Å²) in [6, 6.07) is 14.9. The minimum absolute atomic E-state index is 0.144. The Balaban J connectivity index is 1.59. The molecule has 11 heteroatoms. The SMILES string of the molecule is CC(C)Sc1nnc(NC(=O)[C@@H]2CN(S(=O)(=O)c3ccccc3)c3ccccc3O2)s1. The summed E-state index contributed by atoms with van der Waals surface area (Å²) < 4.78 is 34.4.